The molecule has 1 aromatic heterocycles. The highest BCUT2D eigenvalue weighted by Crippen LogP contribution is 2.32. The van der Waals surface area contributed by atoms with Gasteiger partial charge in [0.25, 0.3) is 0 Å². The van der Waals surface area contributed by atoms with Gasteiger partial charge >= 0.3 is 6.18 Å². The summed E-state index contributed by atoms with van der Waals surface area (Å²) in [4.78, 5) is 0. The van der Waals surface area contributed by atoms with Crippen molar-refractivity contribution in [2.45, 2.75) is 18.8 Å². The monoisotopic (exact) mass is 239 g/mol. The van der Waals surface area contributed by atoms with E-state index in [4.69, 9.17) is 16.7 Å². The Balaban J connectivity index is 2.80. The molecule has 2 nitrogen and oxygen atoms in total. The second-order valence-electron chi connectivity index (χ2n) is 3.08. The summed E-state index contributed by atoms with van der Waals surface area (Å²) in [5, 5.41) is 9.22. The molecule has 6 heteroatoms. The van der Waals surface area contributed by atoms with Gasteiger partial charge in [-0.05, 0) is 6.07 Å². The van der Waals surface area contributed by atoms with Crippen molar-refractivity contribution in [3.63, 3.8) is 0 Å². The molecule has 15 heavy (non-hydrogen) atoms. The van der Waals surface area contributed by atoms with Crippen molar-refractivity contribution in [3.05, 3.63) is 35.6 Å². The molecule has 1 heterocycles. The van der Waals surface area contributed by atoms with Gasteiger partial charge in [-0.1, -0.05) is 18.2 Å². The molecule has 84 valence electrons. The van der Waals surface area contributed by atoms with Gasteiger partial charge in [-0.15, -0.1) is 0 Å². The van der Waals surface area contributed by atoms with Gasteiger partial charge in [0, 0.05) is 23.0 Å². The Labute approximate surface area is 89.6 Å². The number of alkyl halides is 3. The van der Waals surface area contributed by atoms with E-state index in [1.54, 1.807) is 0 Å². The SMILES string of the molecule is C=C(Cl)Cn1ccc(C(O)C(F)(F)F)c1. The quantitative estimate of drug-likeness (QED) is 0.862. The molecular formula is C9H9ClF3NO. The zero-order valence-corrected chi connectivity index (χ0v) is 8.39. The van der Waals surface area contributed by atoms with Crippen molar-refractivity contribution in [1.82, 2.24) is 4.57 Å². The molecule has 0 radical (unpaired) electrons. The summed E-state index contributed by atoms with van der Waals surface area (Å²) >= 11 is 5.49. The predicted octanol–water partition coefficient (Wildman–Crippen LogP) is 2.84. The summed E-state index contributed by atoms with van der Waals surface area (Å²) in [6.45, 7) is 3.63. The fraction of sp³-hybridized carbons (Fsp3) is 0.333. The maximum atomic E-state index is 12.1. The highest BCUT2D eigenvalue weighted by Gasteiger charge is 2.39. The van der Waals surface area contributed by atoms with Crippen molar-refractivity contribution >= 4 is 11.6 Å². The van der Waals surface area contributed by atoms with Gasteiger partial charge in [-0.3, -0.25) is 0 Å². The first kappa shape index (κ1) is 12.1. The number of hydrogen-bond donors (Lipinski definition) is 1. The van der Waals surface area contributed by atoms with Crippen LogP contribution in [0.3, 0.4) is 0 Å². The van der Waals surface area contributed by atoms with E-state index in [2.05, 4.69) is 6.58 Å². The molecule has 0 spiro atoms. The van der Waals surface area contributed by atoms with E-state index in [1.807, 2.05) is 0 Å². The lowest BCUT2D eigenvalue weighted by Crippen LogP contribution is -2.19. The first-order valence-electron chi connectivity index (χ1n) is 4.04. The molecule has 0 saturated carbocycles. The maximum Gasteiger partial charge on any atom is 0.418 e. The average molecular weight is 240 g/mol. The van der Waals surface area contributed by atoms with E-state index in [-0.39, 0.29) is 12.1 Å². The standard InChI is InChI=1S/C9H9ClF3NO/c1-6(10)4-14-3-2-7(5-14)8(15)9(11,12)13/h2-3,5,8,15H,1,4H2. The number of aliphatic hydroxyl groups is 1. The Bertz CT molecular complexity index is 358. The van der Waals surface area contributed by atoms with Crippen LogP contribution < -0.4 is 0 Å². The Morgan fingerprint density at radius 3 is 2.67 bits per heavy atom. The molecule has 0 aliphatic carbocycles. The van der Waals surface area contributed by atoms with Gasteiger partial charge in [-0.2, -0.15) is 13.2 Å². The maximum absolute atomic E-state index is 12.1. The number of aliphatic hydroxyl groups excluding tert-OH is 1. The summed E-state index contributed by atoms with van der Waals surface area (Å²) in [6, 6.07) is 1.19. The molecule has 1 unspecified atom stereocenters. The third-order valence-electron chi connectivity index (χ3n) is 1.75. The van der Waals surface area contributed by atoms with Crippen molar-refractivity contribution < 1.29 is 18.3 Å². The minimum Gasteiger partial charge on any atom is -0.379 e. The van der Waals surface area contributed by atoms with Crippen LogP contribution >= 0.6 is 11.6 Å². The molecule has 1 atom stereocenters. The second-order valence-corrected chi connectivity index (χ2v) is 3.61. The fourth-order valence-electron chi connectivity index (χ4n) is 1.11. The van der Waals surface area contributed by atoms with E-state index in [1.165, 1.54) is 23.0 Å². The smallest absolute Gasteiger partial charge is 0.379 e. The molecule has 1 aromatic rings. The minimum absolute atomic E-state index is 0.208. The van der Waals surface area contributed by atoms with Crippen LogP contribution in [0.15, 0.2) is 30.1 Å². The van der Waals surface area contributed by atoms with E-state index in [0.29, 0.717) is 5.03 Å². The Morgan fingerprint density at radius 1 is 1.60 bits per heavy atom. The largest absolute Gasteiger partial charge is 0.418 e. The molecule has 0 saturated heterocycles. The lowest BCUT2D eigenvalue weighted by Gasteiger charge is -2.12. The van der Waals surface area contributed by atoms with Gasteiger partial charge in [0.1, 0.15) is 0 Å². The van der Waals surface area contributed by atoms with Crippen LogP contribution in [0.1, 0.15) is 11.7 Å². The van der Waals surface area contributed by atoms with Crippen LogP contribution in [0.25, 0.3) is 0 Å². The first-order chi connectivity index (χ1) is 6.80. The first-order valence-corrected chi connectivity index (χ1v) is 4.42. The summed E-state index contributed by atoms with van der Waals surface area (Å²) in [5.74, 6) is 0. The van der Waals surface area contributed by atoms with Gasteiger partial charge in [0.15, 0.2) is 6.10 Å². The molecule has 0 bridgehead atoms. The highest BCUT2D eigenvalue weighted by atomic mass is 35.5. The van der Waals surface area contributed by atoms with Crippen LogP contribution in [0, 0.1) is 0 Å². The topological polar surface area (TPSA) is 25.2 Å². The number of halogens is 4. The van der Waals surface area contributed by atoms with Crippen molar-refractivity contribution in [2.75, 3.05) is 0 Å². The van der Waals surface area contributed by atoms with Crippen molar-refractivity contribution in [3.8, 4) is 0 Å². The summed E-state index contributed by atoms with van der Waals surface area (Å²) in [7, 11) is 0. The minimum atomic E-state index is -4.65. The molecule has 0 amide bonds. The van der Waals surface area contributed by atoms with Gasteiger partial charge < -0.3 is 9.67 Å². The van der Waals surface area contributed by atoms with Crippen LogP contribution in [0.4, 0.5) is 13.2 Å². The van der Waals surface area contributed by atoms with Crippen LogP contribution in [0.2, 0.25) is 0 Å². The lowest BCUT2D eigenvalue weighted by molar-refractivity contribution is -0.206. The molecule has 0 aliphatic heterocycles. The third-order valence-corrected chi connectivity index (χ3v) is 1.87. The van der Waals surface area contributed by atoms with Crippen molar-refractivity contribution in [1.29, 1.82) is 0 Å². The van der Waals surface area contributed by atoms with Gasteiger partial charge in [-0.25, -0.2) is 0 Å². The zero-order valence-electron chi connectivity index (χ0n) is 7.63. The number of hydrogen-bond acceptors (Lipinski definition) is 1. The zero-order chi connectivity index (χ0) is 11.6. The number of allylic oxidation sites excluding steroid dienone is 1. The van der Waals surface area contributed by atoms with Crippen LogP contribution in [-0.2, 0) is 6.54 Å². The van der Waals surface area contributed by atoms with E-state index < -0.39 is 12.3 Å². The highest BCUT2D eigenvalue weighted by molar-refractivity contribution is 6.29. The molecular weight excluding hydrogens is 231 g/mol. The number of rotatable bonds is 3. The Kier molecular flexibility index (Phi) is 3.46. The number of aromatic nitrogens is 1. The van der Waals surface area contributed by atoms with Gasteiger partial charge in [0.2, 0.25) is 0 Å². The molecule has 0 aliphatic rings. The normalized spacial score (nSPS) is 13.9. The second kappa shape index (κ2) is 4.28. The van der Waals surface area contributed by atoms with Crippen LogP contribution in [0.5, 0.6) is 0 Å². The van der Waals surface area contributed by atoms with Crippen LogP contribution in [-0.4, -0.2) is 15.8 Å². The fourth-order valence-corrected chi connectivity index (χ4v) is 1.24. The van der Waals surface area contributed by atoms with Gasteiger partial charge in [0.05, 0.1) is 6.54 Å². The number of nitrogens with zero attached hydrogens (tertiary/aromatic N) is 1. The van der Waals surface area contributed by atoms with E-state index >= 15 is 0 Å². The summed E-state index contributed by atoms with van der Waals surface area (Å²) in [5.41, 5.74) is -0.208. The molecule has 1 N–H and O–H groups in total. The van der Waals surface area contributed by atoms with E-state index in [9.17, 15) is 13.2 Å². The van der Waals surface area contributed by atoms with Crippen molar-refractivity contribution in [2.24, 2.45) is 0 Å². The average Bonchev–Trinajstić information content (AvgIpc) is 2.48. The Hall–Kier alpha value is -0.940. The molecule has 1 rings (SSSR count). The predicted molar refractivity (Wildman–Crippen MR) is 50.4 cm³/mol. The third kappa shape index (κ3) is 3.28. The summed E-state index contributed by atoms with van der Waals surface area (Å²) < 4.78 is 37.7. The lowest BCUT2D eigenvalue weighted by atomic mass is 10.2. The summed E-state index contributed by atoms with van der Waals surface area (Å²) in [6.07, 6.45) is -4.52. The Morgan fingerprint density at radius 2 is 2.20 bits per heavy atom. The van der Waals surface area contributed by atoms with E-state index in [0.717, 1.165) is 0 Å². The molecule has 0 fully saturated rings. The molecule has 0 aromatic carbocycles.